The third-order valence-corrected chi connectivity index (χ3v) is 6.66. The van der Waals surface area contributed by atoms with E-state index in [4.69, 9.17) is 0 Å². The number of sulfonamides is 1. The number of amides is 1. The van der Waals surface area contributed by atoms with Crippen molar-refractivity contribution in [2.45, 2.75) is 29.1 Å². The molecule has 1 heterocycles. The van der Waals surface area contributed by atoms with Crippen LogP contribution >= 0.6 is 15.9 Å². The van der Waals surface area contributed by atoms with Crippen LogP contribution in [0.2, 0.25) is 0 Å². The Morgan fingerprint density at radius 2 is 1.80 bits per heavy atom. The highest BCUT2D eigenvalue weighted by Crippen LogP contribution is 2.41. The van der Waals surface area contributed by atoms with Crippen LogP contribution in [0.4, 0.5) is 5.69 Å². The minimum atomic E-state index is -4.00. The number of hydrogen-bond acceptors (Lipinski definition) is 5. The van der Waals surface area contributed by atoms with E-state index in [1.807, 2.05) is 0 Å². The van der Waals surface area contributed by atoms with Gasteiger partial charge in [0.15, 0.2) is 0 Å². The van der Waals surface area contributed by atoms with Gasteiger partial charge < -0.3 is 0 Å². The fourth-order valence-corrected chi connectivity index (χ4v) is 4.44. The van der Waals surface area contributed by atoms with E-state index >= 15 is 0 Å². The van der Waals surface area contributed by atoms with Gasteiger partial charge in [-0.15, -0.1) is 0 Å². The first-order valence-electron chi connectivity index (χ1n) is 5.58. The Morgan fingerprint density at radius 1 is 1.30 bits per heavy atom. The third kappa shape index (κ3) is 2.01. The minimum absolute atomic E-state index is 0.149. The van der Waals surface area contributed by atoms with Gasteiger partial charge in [0.2, 0.25) is 0 Å². The molecule has 0 saturated carbocycles. The van der Waals surface area contributed by atoms with Gasteiger partial charge in [0.25, 0.3) is 21.6 Å². The Bertz CT molecular complexity index is 683. The molecule has 0 bridgehead atoms. The molecule has 108 valence electrons. The summed E-state index contributed by atoms with van der Waals surface area (Å²) in [6.45, 7) is 3.24. The molecule has 1 saturated heterocycles. The molecule has 0 radical (unpaired) electrons. The summed E-state index contributed by atoms with van der Waals surface area (Å²) in [5.74, 6) is -0.548. The number of alkyl halides is 1. The van der Waals surface area contributed by atoms with Gasteiger partial charge in [-0.25, -0.2) is 12.7 Å². The topological polar surface area (TPSA) is 97.6 Å². The molecule has 1 aliphatic rings. The van der Waals surface area contributed by atoms with Crippen molar-refractivity contribution in [3.63, 3.8) is 0 Å². The fraction of sp³-hybridized carbons (Fsp3) is 0.364. The second-order valence-electron chi connectivity index (χ2n) is 4.87. The maximum atomic E-state index is 12.4. The van der Waals surface area contributed by atoms with Crippen LogP contribution in [0, 0.1) is 10.1 Å². The Morgan fingerprint density at radius 3 is 2.20 bits per heavy atom. The van der Waals surface area contributed by atoms with Gasteiger partial charge in [-0.05, 0) is 26.0 Å². The molecular formula is C11H11BrN2O5S. The van der Waals surface area contributed by atoms with Gasteiger partial charge in [0, 0.05) is 12.1 Å². The molecule has 1 atom stereocenters. The number of nitro groups is 1. The lowest BCUT2D eigenvalue weighted by Crippen LogP contribution is -2.70. The van der Waals surface area contributed by atoms with Crippen LogP contribution in [0.3, 0.4) is 0 Å². The largest absolute Gasteiger partial charge is 0.272 e. The number of rotatable bonds is 3. The molecule has 1 unspecified atom stereocenters. The standard InChI is InChI=1S/C11H11BrN2O5S/c1-11(2)9(12)10(15)13(11)20(18,19)8-5-3-7(4-6-8)14(16)17/h3-6,9H,1-2H3. The summed E-state index contributed by atoms with van der Waals surface area (Å²) in [4.78, 5) is 21.0. The lowest BCUT2D eigenvalue weighted by Gasteiger charge is -2.49. The van der Waals surface area contributed by atoms with Crippen molar-refractivity contribution in [2.24, 2.45) is 0 Å². The second kappa shape index (κ2) is 4.52. The summed E-state index contributed by atoms with van der Waals surface area (Å²) in [7, 11) is -4.00. The summed E-state index contributed by atoms with van der Waals surface area (Å²) in [5.41, 5.74) is -1.09. The number of hydrogen-bond donors (Lipinski definition) is 0. The first kappa shape index (κ1) is 14.9. The summed E-state index contributed by atoms with van der Waals surface area (Å²) in [5, 5.41) is 10.5. The summed E-state index contributed by atoms with van der Waals surface area (Å²) in [6.07, 6.45) is 0. The number of β-lactam (4-membered cyclic amide) rings is 1. The molecule has 0 spiro atoms. The van der Waals surface area contributed by atoms with E-state index in [0.717, 1.165) is 28.6 Å². The molecule has 1 aromatic carbocycles. The Kier molecular flexibility index (Phi) is 3.37. The number of nitro benzene ring substituents is 1. The Hall–Kier alpha value is -1.48. The van der Waals surface area contributed by atoms with Crippen LogP contribution in [0.5, 0.6) is 0 Å². The maximum Gasteiger partial charge on any atom is 0.269 e. The highest BCUT2D eigenvalue weighted by atomic mass is 79.9. The number of carbonyl (C=O) groups is 1. The molecule has 0 N–H and O–H groups in total. The summed E-state index contributed by atoms with van der Waals surface area (Å²) in [6, 6.07) is 4.43. The van der Waals surface area contributed by atoms with E-state index in [1.165, 1.54) is 0 Å². The van der Waals surface area contributed by atoms with Crippen LogP contribution in [-0.2, 0) is 14.8 Å². The first-order chi connectivity index (χ1) is 9.10. The average molecular weight is 363 g/mol. The highest BCUT2D eigenvalue weighted by Gasteiger charge is 2.58. The van der Waals surface area contributed by atoms with Crippen molar-refractivity contribution in [1.82, 2.24) is 4.31 Å². The lowest BCUT2D eigenvalue weighted by molar-refractivity contribution is -0.384. The van der Waals surface area contributed by atoms with Crippen molar-refractivity contribution in [3.05, 3.63) is 34.4 Å². The van der Waals surface area contributed by atoms with Gasteiger partial charge in [0.1, 0.15) is 4.83 Å². The van der Waals surface area contributed by atoms with E-state index in [0.29, 0.717) is 0 Å². The zero-order valence-corrected chi connectivity index (χ0v) is 13.0. The SMILES string of the molecule is CC1(C)C(Br)C(=O)N1S(=O)(=O)c1ccc([N+](=O)[O-])cc1. The number of carbonyl (C=O) groups excluding carboxylic acids is 1. The fourth-order valence-electron chi connectivity index (χ4n) is 2.00. The zero-order chi connectivity index (χ0) is 15.3. The van der Waals surface area contributed by atoms with Crippen LogP contribution in [0.25, 0.3) is 0 Å². The van der Waals surface area contributed by atoms with E-state index < -0.39 is 31.2 Å². The molecule has 2 rings (SSSR count). The van der Waals surface area contributed by atoms with Crippen molar-refractivity contribution in [1.29, 1.82) is 0 Å². The summed E-state index contributed by atoms with van der Waals surface area (Å²) < 4.78 is 25.6. The van der Waals surface area contributed by atoms with Gasteiger partial charge in [-0.2, -0.15) is 0 Å². The number of halogens is 1. The highest BCUT2D eigenvalue weighted by molar-refractivity contribution is 9.10. The van der Waals surface area contributed by atoms with Gasteiger partial charge >= 0.3 is 0 Å². The van der Waals surface area contributed by atoms with Gasteiger partial charge in [0.05, 0.1) is 15.4 Å². The van der Waals surface area contributed by atoms with E-state index in [2.05, 4.69) is 15.9 Å². The van der Waals surface area contributed by atoms with E-state index in [-0.39, 0.29) is 10.6 Å². The van der Waals surface area contributed by atoms with Crippen molar-refractivity contribution in [2.75, 3.05) is 0 Å². The first-order valence-corrected chi connectivity index (χ1v) is 7.93. The van der Waals surface area contributed by atoms with Gasteiger partial charge in [-0.1, -0.05) is 15.9 Å². The normalized spacial score (nSPS) is 21.4. The molecule has 20 heavy (non-hydrogen) atoms. The molecular weight excluding hydrogens is 352 g/mol. The predicted molar refractivity (Wildman–Crippen MR) is 73.9 cm³/mol. The number of benzene rings is 1. The monoisotopic (exact) mass is 362 g/mol. The number of nitrogens with zero attached hydrogens (tertiary/aromatic N) is 2. The van der Waals surface area contributed by atoms with Crippen LogP contribution in [-0.4, -0.2) is 33.9 Å². The molecule has 0 aliphatic carbocycles. The average Bonchev–Trinajstić information content (AvgIpc) is 2.37. The molecule has 0 aromatic heterocycles. The molecule has 1 fully saturated rings. The molecule has 9 heteroatoms. The lowest BCUT2D eigenvalue weighted by atomic mass is 9.92. The maximum absolute atomic E-state index is 12.4. The third-order valence-electron chi connectivity index (χ3n) is 3.15. The number of non-ortho nitro benzene ring substituents is 1. The molecule has 1 aliphatic heterocycles. The quantitative estimate of drug-likeness (QED) is 0.352. The van der Waals surface area contributed by atoms with Gasteiger partial charge in [-0.3, -0.25) is 14.9 Å². The molecule has 1 amide bonds. The summed E-state index contributed by atoms with van der Waals surface area (Å²) >= 11 is 3.14. The van der Waals surface area contributed by atoms with Crippen LogP contribution in [0.1, 0.15) is 13.8 Å². The Labute approximate surface area is 123 Å². The molecule has 7 nitrogen and oxygen atoms in total. The van der Waals surface area contributed by atoms with E-state index in [1.54, 1.807) is 13.8 Å². The van der Waals surface area contributed by atoms with Crippen LogP contribution in [0.15, 0.2) is 29.2 Å². The smallest absolute Gasteiger partial charge is 0.269 e. The zero-order valence-electron chi connectivity index (χ0n) is 10.6. The predicted octanol–water partition coefficient (Wildman–Crippen LogP) is 1.67. The Balaban J connectivity index is 2.41. The molecule has 1 aromatic rings. The van der Waals surface area contributed by atoms with Crippen molar-refractivity contribution >= 4 is 37.5 Å². The van der Waals surface area contributed by atoms with Crippen molar-refractivity contribution < 1.29 is 18.1 Å². The van der Waals surface area contributed by atoms with Crippen LogP contribution < -0.4 is 0 Å². The second-order valence-corrected chi connectivity index (χ2v) is 7.58. The minimum Gasteiger partial charge on any atom is -0.272 e. The van der Waals surface area contributed by atoms with E-state index in [9.17, 15) is 23.3 Å². The van der Waals surface area contributed by atoms with Crippen molar-refractivity contribution in [3.8, 4) is 0 Å².